The van der Waals surface area contributed by atoms with E-state index in [1.54, 1.807) is 13.0 Å². The van der Waals surface area contributed by atoms with E-state index in [1.807, 2.05) is 6.92 Å². The van der Waals surface area contributed by atoms with Crippen molar-refractivity contribution >= 4 is 10.0 Å². The summed E-state index contributed by atoms with van der Waals surface area (Å²) in [7, 11) is -3.49. The summed E-state index contributed by atoms with van der Waals surface area (Å²) in [5, 5.41) is 3.33. The Hall–Kier alpha value is -0.850. The van der Waals surface area contributed by atoms with Crippen LogP contribution in [0.4, 0.5) is 0 Å². The molecule has 6 heteroatoms. The lowest BCUT2D eigenvalue weighted by atomic mass is 9.81. The Bertz CT molecular complexity index is 600. The van der Waals surface area contributed by atoms with Crippen molar-refractivity contribution < 1.29 is 12.8 Å². The van der Waals surface area contributed by atoms with Gasteiger partial charge in [-0.3, -0.25) is 0 Å². The number of hydrogen-bond acceptors (Lipinski definition) is 4. The summed E-state index contributed by atoms with van der Waals surface area (Å²) >= 11 is 0. The average molecular weight is 312 g/mol. The molecule has 2 fully saturated rings. The highest BCUT2D eigenvalue weighted by Crippen LogP contribution is 2.30. The fourth-order valence-corrected chi connectivity index (χ4v) is 4.27. The molecule has 0 spiro atoms. The predicted octanol–water partition coefficient (Wildman–Crippen LogP) is 2.31. The molecule has 0 aromatic carbocycles. The van der Waals surface area contributed by atoms with Crippen LogP contribution in [0, 0.1) is 12.8 Å². The van der Waals surface area contributed by atoms with Gasteiger partial charge in [0.1, 0.15) is 16.4 Å². The van der Waals surface area contributed by atoms with Crippen molar-refractivity contribution in [1.82, 2.24) is 10.0 Å². The van der Waals surface area contributed by atoms with Crippen LogP contribution in [0.25, 0.3) is 0 Å². The summed E-state index contributed by atoms with van der Waals surface area (Å²) in [6, 6.07) is 2.22. The van der Waals surface area contributed by atoms with Crippen molar-refractivity contribution in [2.75, 3.05) is 0 Å². The van der Waals surface area contributed by atoms with Gasteiger partial charge in [-0.15, -0.1) is 0 Å². The van der Waals surface area contributed by atoms with E-state index in [4.69, 9.17) is 4.42 Å². The van der Waals surface area contributed by atoms with Gasteiger partial charge in [0.05, 0.1) is 6.54 Å². The van der Waals surface area contributed by atoms with Crippen LogP contribution in [-0.2, 0) is 16.6 Å². The summed E-state index contributed by atoms with van der Waals surface area (Å²) < 4.78 is 33.3. The smallest absolute Gasteiger partial charge is 0.244 e. The first-order chi connectivity index (χ1) is 9.95. The number of aryl methyl sites for hydroxylation is 1. The van der Waals surface area contributed by atoms with Crippen LogP contribution in [0.2, 0.25) is 0 Å². The summed E-state index contributed by atoms with van der Waals surface area (Å²) in [5.41, 5.74) is 0. The Labute approximate surface area is 126 Å². The second kappa shape index (κ2) is 5.74. The maximum Gasteiger partial charge on any atom is 0.244 e. The van der Waals surface area contributed by atoms with Crippen LogP contribution in [-0.4, -0.2) is 20.5 Å². The van der Waals surface area contributed by atoms with Gasteiger partial charge in [0, 0.05) is 18.2 Å². The Morgan fingerprint density at radius 2 is 2.05 bits per heavy atom. The highest BCUT2D eigenvalue weighted by molar-refractivity contribution is 7.89. The summed E-state index contributed by atoms with van der Waals surface area (Å²) in [4.78, 5) is 0.279. The molecule has 0 saturated heterocycles. The lowest BCUT2D eigenvalue weighted by molar-refractivity contribution is 0.260. The summed E-state index contributed by atoms with van der Waals surface area (Å²) in [6.45, 7) is 4.26. The van der Waals surface area contributed by atoms with Gasteiger partial charge < -0.3 is 9.73 Å². The third kappa shape index (κ3) is 3.49. The minimum Gasteiger partial charge on any atom is -0.464 e. The predicted molar refractivity (Wildman–Crippen MR) is 80.4 cm³/mol. The number of hydrogen-bond donors (Lipinski definition) is 2. The van der Waals surface area contributed by atoms with Crippen LogP contribution in [0.5, 0.6) is 0 Å². The molecule has 0 bridgehead atoms. The zero-order valence-corrected chi connectivity index (χ0v) is 13.5. The zero-order valence-electron chi connectivity index (χ0n) is 12.7. The molecule has 2 N–H and O–H groups in total. The molecule has 1 aromatic rings. The van der Waals surface area contributed by atoms with E-state index in [9.17, 15) is 8.42 Å². The molecule has 1 atom stereocenters. The maximum atomic E-state index is 12.5. The molecule has 2 saturated carbocycles. The highest BCUT2D eigenvalue weighted by atomic mass is 32.2. The topological polar surface area (TPSA) is 71.3 Å². The molecule has 2 aliphatic rings. The molecule has 1 unspecified atom stereocenters. The first-order valence-corrected chi connectivity index (χ1v) is 9.29. The lowest BCUT2D eigenvalue weighted by Crippen LogP contribution is -2.40. The van der Waals surface area contributed by atoms with Crippen molar-refractivity contribution in [3.8, 4) is 0 Å². The fraction of sp³-hybridized carbons (Fsp3) is 0.733. The molecule has 3 rings (SSSR count). The summed E-state index contributed by atoms with van der Waals surface area (Å²) in [6.07, 6.45) is 5.84. The Kier molecular flexibility index (Phi) is 4.12. The van der Waals surface area contributed by atoms with Crippen LogP contribution < -0.4 is 10.0 Å². The van der Waals surface area contributed by atoms with Crippen molar-refractivity contribution in [3.05, 3.63) is 17.6 Å². The fourth-order valence-electron chi connectivity index (χ4n) is 2.75. The molecular weight excluding hydrogens is 288 g/mol. The van der Waals surface area contributed by atoms with E-state index in [1.165, 1.54) is 19.3 Å². The lowest BCUT2D eigenvalue weighted by Gasteiger charge is -2.31. The largest absolute Gasteiger partial charge is 0.464 e. The highest BCUT2D eigenvalue weighted by Gasteiger charge is 2.30. The molecule has 21 heavy (non-hydrogen) atoms. The molecule has 2 aliphatic carbocycles. The third-order valence-corrected chi connectivity index (χ3v) is 6.22. The first-order valence-electron chi connectivity index (χ1n) is 7.81. The van der Waals surface area contributed by atoms with E-state index < -0.39 is 10.0 Å². The Morgan fingerprint density at radius 1 is 1.33 bits per heavy atom. The Morgan fingerprint density at radius 3 is 2.62 bits per heavy atom. The Balaban J connectivity index is 1.68. The minimum atomic E-state index is -3.49. The molecule has 118 valence electrons. The maximum absolute atomic E-state index is 12.5. The third-order valence-electron chi connectivity index (χ3n) is 4.55. The SMILES string of the molecule is Cc1oc(CNC2CC2)cc1S(=O)(=O)NC(C)C1CCC1. The van der Waals surface area contributed by atoms with Crippen molar-refractivity contribution in [2.45, 2.75) is 69.5 Å². The van der Waals surface area contributed by atoms with Crippen molar-refractivity contribution in [3.63, 3.8) is 0 Å². The average Bonchev–Trinajstić information content (AvgIpc) is 3.06. The molecule has 1 heterocycles. The number of nitrogens with one attached hydrogen (secondary N) is 2. The van der Waals surface area contributed by atoms with E-state index >= 15 is 0 Å². The van der Waals surface area contributed by atoms with Gasteiger partial charge in [0.25, 0.3) is 0 Å². The standard InChI is InChI=1S/C15H24N2O3S/c1-10(12-4-3-5-12)17-21(18,19)15-8-14(20-11(15)2)9-16-13-6-7-13/h8,10,12-13,16-17H,3-7,9H2,1-2H3. The van der Waals surface area contributed by atoms with Gasteiger partial charge in [-0.05, 0) is 45.4 Å². The van der Waals surface area contributed by atoms with E-state index in [2.05, 4.69) is 10.0 Å². The molecule has 0 aliphatic heterocycles. The molecule has 0 radical (unpaired) electrons. The quantitative estimate of drug-likeness (QED) is 0.810. The van der Waals surface area contributed by atoms with E-state index in [0.29, 0.717) is 30.0 Å². The number of furan rings is 1. The van der Waals surface area contributed by atoms with Gasteiger partial charge in [0.2, 0.25) is 10.0 Å². The molecular formula is C15H24N2O3S. The number of rotatable bonds is 7. The zero-order chi connectivity index (χ0) is 15.0. The van der Waals surface area contributed by atoms with Gasteiger partial charge in [-0.1, -0.05) is 6.42 Å². The first kappa shape index (κ1) is 15.1. The van der Waals surface area contributed by atoms with Crippen molar-refractivity contribution in [2.24, 2.45) is 5.92 Å². The van der Waals surface area contributed by atoms with Crippen LogP contribution in [0.15, 0.2) is 15.4 Å². The van der Waals surface area contributed by atoms with Gasteiger partial charge >= 0.3 is 0 Å². The van der Waals surface area contributed by atoms with Crippen molar-refractivity contribution in [1.29, 1.82) is 0 Å². The van der Waals surface area contributed by atoms with Crippen LogP contribution >= 0.6 is 0 Å². The monoisotopic (exact) mass is 312 g/mol. The second-order valence-corrected chi connectivity index (χ2v) is 8.07. The van der Waals surface area contributed by atoms with Crippen LogP contribution in [0.1, 0.15) is 50.5 Å². The second-order valence-electron chi connectivity index (χ2n) is 6.39. The molecule has 5 nitrogen and oxygen atoms in total. The molecule has 1 aromatic heterocycles. The van der Waals surface area contributed by atoms with E-state index in [0.717, 1.165) is 12.8 Å². The van der Waals surface area contributed by atoms with Gasteiger partial charge in [0.15, 0.2) is 0 Å². The normalized spacial score (nSPS) is 21.2. The summed E-state index contributed by atoms with van der Waals surface area (Å²) in [5.74, 6) is 1.63. The van der Waals surface area contributed by atoms with Gasteiger partial charge in [-0.2, -0.15) is 0 Å². The minimum absolute atomic E-state index is 0.00825. The van der Waals surface area contributed by atoms with Crippen LogP contribution in [0.3, 0.4) is 0 Å². The number of sulfonamides is 1. The molecule has 0 amide bonds. The van der Waals surface area contributed by atoms with E-state index in [-0.39, 0.29) is 10.9 Å². The van der Waals surface area contributed by atoms with Gasteiger partial charge in [-0.25, -0.2) is 13.1 Å².